The first kappa shape index (κ1) is 14.7. The van der Waals surface area contributed by atoms with E-state index in [0.29, 0.717) is 0 Å². The van der Waals surface area contributed by atoms with Crippen LogP contribution in [0.5, 0.6) is 11.5 Å². The number of pyridine rings is 1. The second kappa shape index (κ2) is 5.52. The number of ether oxygens (including phenoxy) is 2. The van der Waals surface area contributed by atoms with Crippen LogP contribution >= 0.6 is 11.3 Å². The Morgan fingerprint density at radius 1 is 0.889 bits per heavy atom. The van der Waals surface area contributed by atoms with Crippen molar-refractivity contribution in [3.63, 3.8) is 0 Å². The summed E-state index contributed by atoms with van der Waals surface area (Å²) in [5.74, 6) is 2.31. The molecular formula is C20H12N4O2S. The fraction of sp³-hybridized carbons (Fsp3) is 0.0500. The summed E-state index contributed by atoms with van der Waals surface area (Å²) < 4.78 is 11.9. The van der Waals surface area contributed by atoms with Crippen LogP contribution in [0, 0.1) is 0 Å². The minimum Gasteiger partial charge on any atom is -0.454 e. The third-order valence-corrected chi connectivity index (χ3v) is 5.62. The minimum absolute atomic E-state index is 0.264. The van der Waals surface area contributed by atoms with Crippen molar-refractivity contribution in [2.45, 2.75) is 0 Å². The van der Waals surface area contributed by atoms with Gasteiger partial charge in [0, 0.05) is 23.5 Å². The van der Waals surface area contributed by atoms with Crippen molar-refractivity contribution in [3.8, 4) is 33.5 Å². The number of benzene rings is 2. The highest BCUT2D eigenvalue weighted by Crippen LogP contribution is 2.36. The molecular weight excluding hydrogens is 360 g/mol. The Morgan fingerprint density at radius 2 is 1.81 bits per heavy atom. The number of thiazole rings is 1. The molecule has 0 atom stereocenters. The number of aromatic amines is 1. The van der Waals surface area contributed by atoms with Crippen molar-refractivity contribution >= 4 is 32.6 Å². The number of nitrogens with zero attached hydrogens (tertiary/aromatic N) is 3. The average Bonchev–Trinajstić information content (AvgIpc) is 3.42. The van der Waals surface area contributed by atoms with E-state index in [0.717, 1.165) is 54.7 Å². The molecule has 3 aromatic heterocycles. The smallest absolute Gasteiger partial charge is 0.231 e. The number of rotatable bonds is 2. The molecule has 0 saturated carbocycles. The maximum absolute atomic E-state index is 5.46. The van der Waals surface area contributed by atoms with Crippen LogP contribution in [0.1, 0.15) is 0 Å². The lowest BCUT2D eigenvalue weighted by Gasteiger charge is -1.99. The van der Waals surface area contributed by atoms with Crippen LogP contribution in [0.25, 0.3) is 43.2 Å². The van der Waals surface area contributed by atoms with Gasteiger partial charge in [0.1, 0.15) is 10.8 Å². The second-order valence-corrected chi connectivity index (χ2v) is 7.28. The van der Waals surface area contributed by atoms with Crippen LogP contribution in [0.15, 0.2) is 54.9 Å². The highest BCUT2D eigenvalue weighted by molar-refractivity contribution is 7.21. The molecule has 27 heavy (non-hydrogen) atoms. The van der Waals surface area contributed by atoms with Gasteiger partial charge in [0.25, 0.3) is 0 Å². The van der Waals surface area contributed by atoms with E-state index in [9.17, 15) is 0 Å². The van der Waals surface area contributed by atoms with Gasteiger partial charge in [-0.2, -0.15) is 0 Å². The van der Waals surface area contributed by atoms with E-state index in [2.05, 4.69) is 22.1 Å². The molecule has 1 N–H and O–H groups in total. The number of imidazole rings is 1. The summed E-state index contributed by atoms with van der Waals surface area (Å²) >= 11 is 1.64. The van der Waals surface area contributed by atoms with Gasteiger partial charge in [0.15, 0.2) is 11.5 Å². The zero-order valence-electron chi connectivity index (χ0n) is 14.0. The summed E-state index contributed by atoms with van der Waals surface area (Å²) in [5, 5.41) is 0.971. The molecule has 0 bridgehead atoms. The van der Waals surface area contributed by atoms with Crippen molar-refractivity contribution in [3.05, 3.63) is 54.9 Å². The molecule has 2 aromatic carbocycles. The van der Waals surface area contributed by atoms with E-state index in [-0.39, 0.29) is 6.79 Å². The number of nitrogens with one attached hydrogen (secondary N) is 1. The fourth-order valence-corrected chi connectivity index (χ4v) is 4.16. The topological polar surface area (TPSA) is 72.9 Å². The maximum atomic E-state index is 5.46. The lowest BCUT2D eigenvalue weighted by molar-refractivity contribution is 0.174. The van der Waals surface area contributed by atoms with Gasteiger partial charge in [0.05, 0.1) is 21.3 Å². The van der Waals surface area contributed by atoms with E-state index in [1.165, 1.54) is 0 Å². The third kappa shape index (κ3) is 2.36. The minimum atomic E-state index is 0.264. The van der Waals surface area contributed by atoms with Crippen molar-refractivity contribution < 1.29 is 9.47 Å². The molecule has 6 rings (SSSR count). The molecule has 7 heteroatoms. The van der Waals surface area contributed by atoms with E-state index < -0.39 is 0 Å². The highest BCUT2D eigenvalue weighted by atomic mass is 32.1. The van der Waals surface area contributed by atoms with Gasteiger partial charge in [-0.05, 0) is 42.5 Å². The van der Waals surface area contributed by atoms with Crippen LogP contribution in [-0.4, -0.2) is 26.7 Å². The molecule has 0 unspecified atom stereocenters. The molecule has 0 amide bonds. The standard InChI is InChI=1S/C20H12N4O2S/c1-3-13-15(7-12(1)20-24-14-5-6-21-9-18(14)27-20)23-19(22-13)11-2-4-16-17(8-11)26-10-25-16/h1-9H,10H2,(H,22,23). The van der Waals surface area contributed by atoms with Gasteiger partial charge in [-0.3, -0.25) is 4.98 Å². The molecule has 130 valence electrons. The van der Waals surface area contributed by atoms with E-state index in [4.69, 9.17) is 19.4 Å². The third-order valence-electron chi connectivity index (χ3n) is 4.57. The molecule has 0 saturated heterocycles. The Labute approximate surface area is 157 Å². The Bertz CT molecular complexity index is 1290. The average molecular weight is 372 g/mol. The lowest BCUT2D eigenvalue weighted by atomic mass is 10.2. The summed E-state index contributed by atoms with van der Waals surface area (Å²) in [5.41, 5.74) is 4.87. The molecule has 4 heterocycles. The number of hydrogen-bond acceptors (Lipinski definition) is 6. The zero-order chi connectivity index (χ0) is 17.8. The van der Waals surface area contributed by atoms with E-state index >= 15 is 0 Å². The first-order valence-electron chi connectivity index (χ1n) is 8.44. The summed E-state index contributed by atoms with van der Waals surface area (Å²) in [7, 11) is 0. The zero-order valence-corrected chi connectivity index (χ0v) is 14.8. The molecule has 6 nitrogen and oxygen atoms in total. The van der Waals surface area contributed by atoms with E-state index in [1.807, 2.05) is 36.5 Å². The molecule has 0 radical (unpaired) electrons. The van der Waals surface area contributed by atoms with Gasteiger partial charge >= 0.3 is 0 Å². The van der Waals surface area contributed by atoms with E-state index in [1.54, 1.807) is 17.5 Å². The van der Waals surface area contributed by atoms with Gasteiger partial charge in [0.2, 0.25) is 6.79 Å². The first-order chi connectivity index (χ1) is 13.3. The Kier molecular flexibility index (Phi) is 3.00. The maximum Gasteiger partial charge on any atom is 0.231 e. The number of hydrogen-bond donors (Lipinski definition) is 1. The largest absolute Gasteiger partial charge is 0.454 e. The SMILES string of the molecule is c1cc2nc(-c3ccc4nc(-c5ccc6c(c5)OCO6)[nH]c4c3)sc2cn1. The van der Waals surface area contributed by atoms with Crippen LogP contribution < -0.4 is 9.47 Å². The predicted octanol–water partition coefficient (Wildman–Crippen LogP) is 4.63. The summed E-state index contributed by atoms with van der Waals surface area (Å²) in [6.07, 6.45) is 3.62. The summed E-state index contributed by atoms with van der Waals surface area (Å²) in [6.45, 7) is 0.264. The van der Waals surface area contributed by atoms with Crippen molar-refractivity contribution in [2.24, 2.45) is 0 Å². The molecule has 0 aliphatic carbocycles. The van der Waals surface area contributed by atoms with Gasteiger partial charge in [-0.25, -0.2) is 9.97 Å². The highest BCUT2D eigenvalue weighted by Gasteiger charge is 2.16. The predicted molar refractivity (Wildman–Crippen MR) is 104 cm³/mol. The summed E-state index contributed by atoms with van der Waals surface area (Å²) in [6, 6.07) is 13.9. The van der Waals surface area contributed by atoms with Crippen LogP contribution in [0.3, 0.4) is 0 Å². The van der Waals surface area contributed by atoms with Crippen molar-refractivity contribution in [1.29, 1.82) is 0 Å². The van der Waals surface area contributed by atoms with Gasteiger partial charge in [-0.15, -0.1) is 11.3 Å². The number of H-pyrrole nitrogens is 1. The van der Waals surface area contributed by atoms with Crippen molar-refractivity contribution in [2.75, 3.05) is 6.79 Å². The van der Waals surface area contributed by atoms with Gasteiger partial charge < -0.3 is 14.5 Å². The molecule has 0 spiro atoms. The molecule has 5 aromatic rings. The second-order valence-electron chi connectivity index (χ2n) is 6.25. The monoisotopic (exact) mass is 372 g/mol. The molecule has 1 aliphatic heterocycles. The molecule has 1 aliphatic rings. The Hall–Kier alpha value is -3.45. The lowest BCUT2D eigenvalue weighted by Crippen LogP contribution is -1.92. The van der Waals surface area contributed by atoms with Crippen LogP contribution in [-0.2, 0) is 0 Å². The molecule has 0 fully saturated rings. The van der Waals surface area contributed by atoms with Crippen molar-refractivity contribution in [1.82, 2.24) is 19.9 Å². The number of fused-ring (bicyclic) bond motifs is 3. The Balaban J connectivity index is 1.43. The summed E-state index contributed by atoms with van der Waals surface area (Å²) in [4.78, 5) is 17.0. The normalized spacial score (nSPS) is 12.9. The van der Waals surface area contributed by atoms with Gasteiger partial charge in [-0.1, -0.05) is 0 Å². The number of aromatic nitrogens is 4. The first-order valence-corrected chi connectivity index (χ1v) is 9.26. The fourth-order valence-electron chi connectivity index (χ4n) is 3.23. The Morgan fingerprint density at radius 3 is 2.78 bits per heavy atom. The van der Waals surface area contributed by atoms with Crippen LogP contribution in [0.2, 0.25) is 0 Å². The van der Waals surface area contributed by atoms with Crippen LogP contribution in [0.4, 0.5) is 0 Å². The quantitative estimate of drug-likeness (QED) is 0.489.